The van der Waals surface area contributed by atoms with Crippen LogP contribution in [0.5, 0.6) is 11.5 Å². The number of fused-ring (bicyclic) bond motifs is 1. The van der Waals surface area contributed by atoms with E-state index in [-0.39, 0.29) is 6.79 Å². The number of ether oxygens (including phenoxy) is 2. The lowest BCUT2D eigenvalue weighted by Crippen LogP contribution is -1.93. The van der Waals surface area contributed by atoms with Crippen molar-refractivity contribution >= 4 is 27.5 Å². The number of hydrogen-bond acceptors (Lipinski definition) is 2. The van der Waals surface area contributed by atoms with Gasteiger partial charge >= 0.3 is 0 Å². The summed E-state index contributed by atoms with van der Waals surface area (Å²) in [6, 6.07) is 1.90. The average Bonchev–Trinajstić information content (AvgIpc) is 2.48. The van der Waals surface area contributed by atoms with Crippen LogP contribution in [0.1, 0.15) is 5.56 Å². The maximum Gasteiger partial charge on any atom is 0.231 e. The first kappa shape index (κ1) is 8.20. The highest BCUT2D eigenvalue weighted by Crippen LogP contribution is 2.44. The van der Waals surface area contributed by atoms with Crippen LogP contribution in [0.25, 0.3) is 0 Å². The van der Waals surface area contributed by atoms with Crippen LogP contribution < -0.4 is 9.47 Å². The fourth-order valence-electron chi connectivity index (χ4n) is 1.10. The summed E-state index contributed by atoms with van der Waals surface area (Å²) in [6.45, 7) is 2.21. The maximum absolute atomic E-state index is 5.99. The van der Waals surface area contributed by atoms with E-state index in [1.807, 2.05) is 13.0 Å². The van der Waals surface area contributed by atoms with E-state index in [1.165, 1.54) is 0 Å². The van der Waals surface area contributed by atoms with Crippen molar-refractivity contribution in [3.05, 3.63) is 21.1 Å². The summed E-state index contributed by atoms with van der Waals surface area (Å²) in [6.07, 6.45) is 0. The summed E-state index contributed by atoms with van der Waals surface area (Å²) in [5.74, 6) is 1.36. The van der Waals surface area contributed by atoms with Gasteiger partial charge in [0.15, 0.2) is 11.5 Å². The van der Waals surface area contributed by atoms with Gasteiger partial charge in [0.2, 0.25) is 6.79 Å². The zero-order valence-electron chi connectivity index (χ0n) is 6.36. The molecule has 1 aromatic carbocycles. The molecule has 1 aliphatic heterocycles. The molecule has 2 nitrogen and oxygen atoms in total. The molecule has 0 N–H and O–H groups in total. The third-order valence-corrected chi connectivity index (χ3v) is 3.34. The van der Waals surface area contributed by atoms with Crippen LogP contribution in [0.3, 0.4) is 0 Å². The van der Waals surface area contributed by atoms with Crippen molar-refractivity contribution in [1.82, 2.24) is 0 Å². The molecule has 1 heterocycles. The van der Waals surface area contributed by atoms with Gasteiger partial charge in [0, 0.05) is 4.47 Å². The van der Waals surface area contributed by atoms with Gasteiger partial charge in [0.05, 0.1) is 0 Å². The minimum absolute atomic E-state index is 0.255. The zero-order chi connectivity index (χ0) is 8.72. The minimum atomic E-state index is 0.255. The molecule has 0 aliphatic carbocycles. The predicted octanol–water partition coefficient (Wildman–Crippen LogP) is 3.14. The molecule has 0 fully saturated rings. The highest BCUT2D eigenvalue weighted by atomic mass is 79.9. The Bertz CT molecular complexity index is 338. The molecule has 2 rings (SSSR count). The molecule has 4 heteroatoms. The second-order valence-electron chi connectivity index (χ2n) is 2.56. The quantitative estimate of drug-likeness (QED) is 0.703. The summed E-state index contributed by atoms with van der Waals surface area (Å²) in [5, 5.41) is 0.586. The topological polar surface area (TPSA) is 18.5 Å². The first-order valence-electron chi connectivity index (χ1n) is 3.44. The van der Waals surface area contributed by atoms with Gasteiger partial charge in [-0.05, 0) is 34.5 Å². The standard InChI is InChI=1S/C8H6BrClO2/c1-4-2-5-8(12-3-11-5)7(10)6(4)9/h2H,3H2,1H3. The van der Waals surface area contributed by atoms with Gasteiger partial charge in [-0.3, -0.25) is 0 Å². The van der Waals surface area contributed by atoms with E-state index in [4.69, 9.17) is 21.1 Å². The van der Waals surface area contributed by atoms with Gasteiger partial charge in [-0.2, -0.15) is 0 Å². The Kier molecular flexibility index (Phi) is 1.93. The number of halogens is 2. The molecule has 0 saturated carbocycles. The van der Waals surface area contributed by atoms with Crippen LogP contribution in [0.15, 0.2) is 10.5 Å². The van der Waals surface area contributed by atoms with E-state index < -0.39 is 0 Å². The van der Waals surface area contributed by atoms with Gasteiger partial charge in [-0.1, -0.05) is 11.6 Å². The van der Waals surface area contributed by atoms with E-state index in [1.54, 1.807) is 0 Å². The summed E-state index contributed by atoms with van der Waals surface area (Å²) in [7, 11) is 0. The van der Waals surface area contributed by atoms with Crippen molar-refractivity contribution in [2.45, 2.75) is 6.92 Å². The van der Waals surface area contributed by atoms with E-state index >= 15 is 0 Å². The van der Waals surface area contributed by atoms with Crippen molar-refractivity contribution in [3.63, 3.8) is 0 Å². The Morgan fingerprint density at radius 1 is 1.50 bits per heavy atom. The van der Waals surface area contributed by atoms with Gasteiger partial charge in [-0.25, -0.2) is 0 Å². The van der Waals surface area contributed by atoms with Crippen LogP contribution in [0, 0.1) is 6.92 Å². The van der Waals surface area contributed by atoms with Crippen LogP contribution in [-0.2, 0) is 0 Å². The van der Waals surface area contributed by atoms with E-state index in [0.29, 0.717) is 10.8 Å². The molecular weight excluding hydrogens is 243 g/mol. The lowest BCUT2D eigenvalue weighted by atomic mass is 10.2. The summed E-state index contributed by atoms with van der Waals surface area (Å²) < 4.78 is 11.2. The van der Waals surface area contributed by atoms with E-state index in [9.17, 15) is 0 Å². The number of aryl methyl sites for hydroxylation is 1. The van der Waals surface area contributed by atoms with Crippen molar-refractivity contribution in [3.8, 4) is 11.5 Å². The van der Waals surface area contributed by atoms with Gasteiger partial charge < -0.3 is 9.47 Å². The van der Waals surface area contributed by atoms with E-state index in [0.717, 1.165) is 15.8 Å². The number of benzene rings is 1. The molecular formula is C8H6BrClO2. The zero-order valence-corrected chi connectivity index (χ0v) is 8.70. The fourth-order valence-corrected chi connectivity index (χ4v) is 1.69. The Hall–Kier alpha value is -0.410. The largest absolute Gasteiger partial charge is 0.454 e. The fraction of sp³-hybridized carbons (Fsp3) is 0.250. The van der Waals surface area contributed by atoms with Crippen LogP contribution >= 0.6 is 27.5 Å². The lowest BCUT2D eigenvalue weighted by Gasteiger charge is -2.03. The van der Waals surface area contributed by atoms with Gasteiger partial charge in [0.25, 0.3) is 0 Å². The second-order valence-corrected chi connectivity index (χ2v) is 3.73. The molecule has 1 aliphatic rings. The Labute approximate surface area is 83.6 Å². The first-order valence-corrected chi connectivity index (χ1v) is 4.61. The normalized spacial score (nSPS) is 13.6. The SMILES string of the molecule is Cc1cc2c(c(Cl)c1Br)OCO2. The monoisotopic (exact) mass is 248 g/mol. The van der Waals surface area contributed by atoms with Crippen LogP contribution in [-0.4, -0.2) is 6.79 Å². The average molecular weight is 249 g/mol. The number of rotatable bonds is 0. The number of hydrogen-bond donors (Lipinski definition) is 0. The third kappa shape index (κ3) is 1.08. The maximum atomic E-state index is 5.99. The second kappa shape index (κ2) is 2.82. The Balaban J connectivity index is 2.67. The van der Waals surface area contributed by atoms with E-state index in [2.05, 4.69) is 15.9 Å². The molecule has 0 saturated heterocycles. The molecule has 12 heavy (non-hydrogen) atoms. The highest BCUT2D eigenvalue weighted by Gasteiger charge is 2.20. The molecule has 64 valence electrons. The highest BCUT2D eigenvalue weighted by molar-refractivity contribution is 9.10. The van der Waals surface area contributed by atoms with Crippen molar-refractivity contribution in [2.75, 3.05) is 6.79 Å². The summed E-state index contributed by atoms with van der Waals surface area (Å²) in [4.78, 5) is 0. The van der Waals surface area contributed by atoms with Gasteiger partial charge in [-0.15, -0.1) is 0 Å². The molecule has 0 spiro atoms. The minimum Gasteiger partial charge on any atom is -0.454 e. The molecule has 0 aromatic heterocycles. The Morgan fingerprint density at radius 3 is 3.00 bits per heavy atom. The van der Waals surface area contributed by atoms with Crippen LogP contribution in [0.4, 0.5) is 0 Å². The molecule has 0 amide bonds. The molecule has 0 unspecified atom stereocenters. The van der Waals surface area contributed by atoms with Crippen molar-refractivity contribution in [2.24, 2.45) is 0 Å². The molecule has 0 radical (unpaired) electrons. The smallest absolute Gasteiger partial charge is 0.231 e. The van der Waals surface area contributed by atoms with Crippen molar-refractivity contribution in [1.29, 1.82) is 0 Å². The summed E-state index contributed by atoms with van der Waals surface area (Å²) in [5.41, 5.74) is 1.05. The third-order valence-electron chi connectivity index (χ3n) is 1.73. The lowest BCUT2D eigenvalue weighted by molar-refractivity contribution is 0.174. The molecule has 1 aromatic rings. The predicted molar refractivity (Wildman–Crippen MR) is 50.0 cm³/mol. The van der Waals surface area contributed by atoms with Crippen LogP contribution in [0.2, 0.25) is 5.02 Å². The molecule has 0 atom stereocenters. The Morgan fingerprint density at radius 2 is 2.25 bits per heavy atom. The summed E-state index contributed by atoms with van der Waals surface area (Å²) >= 11 is 9.36. The van der Waals surface area contributed by atoms with Crippen molar-refractivity contribution < 1.29 is 9.47 Å². The molecule has 0 bridgehead atoms. The first-order chi connectivity index (χ1) is 5.70. The van der Waals surface area contributed by atoms with Gasteiger partial charge in [0.1, 0.15) is 5.02 Å².